The normalized spacial score (nSPS) is 11.3. The Kier molecular flexibility index (Phi) is 5.15. The van der Waals surface area contributed by atoms with E-state index in [1.807, 2.05) is 43.3 Å². The van der Waals surface area contributed by atoms with E-state index in [1.165, 1.54) is 6.07 Å². The summed E-state index contributed by atoms with van der Waals surface area (Å²) >= 11 is 0. The molecule has 0 fully saturated rings. The molecular weight excluding hydrogens is 292 g/mol. The molecule has 0 saturated carbocycles. The van der Waals surface area contributed by atoms with E-state index >= 15 is 0 Å². The van der Waals surface area contributed by atoms with Crippen LogP contribution in [0, 0.1) is 11.3 Å². The van der Waals surface area contributed by atoms with E-state index in [1.54, 1.807) is 6.92 Å². The molecule has 118 valence electrons. The van der Waals surface area contributed by atoms with E-state index in [9.17, 15) is 4.79 Å². The number of rotatable bonds is 5. The van der Waals surface area contributed by atoms with Crippen LogP contribution in [0.25, 0.3) is 0 Å². The molecule has 1 amide bonds. The number of amides is 1. The van der Waals surface area contributed by atoms with Gasteiger partial charge in [-0.25, -0.2) is 4.98 Å². The van der Waals surface area contributed by atoms with Gasteiger partial charge in [-0.2, -0.15) is 5.26 Å². The third-order valence-electron chi connectivity index (χ3n) is 3.29. The van der Waals surface area contributed by atoms with Gasteiger partial charge in [0.2, 0.25) is 5.88 Å². The number of ether oxygens (including phenoxy) is 1. The Morgan fingerprint density at radius 1 is 1.43 bits per heavy atom. The van der Waals surface area contributed by atoms with Crippen LogP contribution in [0.15, 0.2) is 36.4 Å². The third kappa shape index (κ3) is 3.77. The van der Waals surface area contributed by atoms with Gasteiger partial charge >= 0.3 is 0 Å². The van der Waals surface area contributed by atoms with Crippen molar-refractivity contribution in [1.29, 1.82) is 5.26 Å². The van der Waals surface area contributed by atoms with Crippen molar-refractivity contribution in [2.75, 3.05) is 12.3 Å². The first kappa shape index (κ1) is 16.3. The van der Waals surface area contributed by atoms with Gasteiger partial charge in [0.15, 0.2) is 0 Å². The molecule has 1 heterocycles. The van der Waals surface area contributed by atoms with Crippen LogP contribution in [0.3, 0.4) is 0 Å². The largest absolute Gasteiger partial charge is 0.477 e. The van der Waals surface area contributed by atoms with E-state index in [4.69, 9.17) is 15.7 Å². The number of aromatic nitrogens is 1. The van der Waals surface area contributed by atoms with Crippen molar-refractivity contribution in [3.05, 3.63) is 53.2 Å². The minimum atomic E-state index is -0.376. The molecular formula is C17H18N4O2. The molecule has 1 unspecified atom stereocenters. The number of carbonyl (C=O) groups excluding carboxylic acids is 1. The standard InChI is InChI=1S/C17H18N4O2/c1-3-23-17-13(10-18)14(19)9-15(21-17)16(22)20-11(2)12-7-5-4-6-8-12/h4-9,11H,3H2,1-2H3,(H2,19,21)(H,20,22). The minimum absolute atomic E-state index is 0.0764. The van der Waals surface area contributed by atoms with Gasteiger partial charge < -0.3 is 15.8 Å². The second kappa shape index (κ2) is 7.27. The zero-order valence-corrected chi connectivity index (χ0v) is 13.0. The number of nitrogens with two attached hydrogens (primary N) is 1. The second-order valence-electron chi connectivity index (χ2n) is 4.93. The summed E-state index contributed by atoms with van der Waals surface area (Å²) in [5, 5.41) is 11.9. The molecule has 1 aromatic carbocycles. The number of nitrogen functional groups attached to an aromatic ring is 1. The second-order valence-corrected chi connectivity index (χ2v) is 4.93. The van der Waals surface area contributed by atoms with Crippen LogP contribution in [0.2, 0.25) is 0 Å². The maximum atomic E-state index is 12.4. The molecule has 2 aromatic rings. The Hall–Kier alpha value is -3.07. The quantitative estimate of drug-likeness (QED) is 0.883. The van der Waals surface area contributed by atoms with Crippen LogP contribution in [0.4, 0.5) is 5.69 Å². The number of anilines is 1. The lowest BCUT2D eigenvalue weighted by Gasteiger charge is -2.15. The summed E-state index contributed by atoms with van der Waals surface area (Å²) in [6, 6.07) is 12.7. The fourth-order valence-electron chi connectivity index (χ4n) is 2.11. The molecule has 0 bridgehead atoms. The van der Waals surface area contributed by atoms with Crippen LogP contribution >= 0.6 is 0 Å². The first-order valence-electron chi connectivity index (χ1n) is 7.26. The van der Waals surface area contributed by atoms with Crippen molar-refractivity contribution in [3.63, 3.8) is 0 Å². The maximum Gasteiger partial charge on any atom is 0.270 e. The Labute approximate surface area is 134 Å². The Morgan fingerprint density at radius 2 is 2.13 bits per heavy atom. The molecule has 2 rings (SSSR count). The Morgan fingerprint density at radius 3 is 2.74 bits per heavy atom. The number of nitriles is 1. The maximum absolute atomic E-state index is 12.4. The number of pyridine rings is 1. The SMILES string of the molecule is CCOc1nc(C(=O)NC(C)c2ccccc2)cc(N)c1C#N. The Bertz CT molecular complexity index is 738. The van der Waals surface area contributed by atoms with E-state index in [0.717, 1.165) is 5.56 Å². The number of benzene rings is 1. The van der Waals surface area contributed by atoms with Crippen molar-refractivity contribution in [2.45, 2.75) is 19.9 Å². The highest BCUT2D eigenvalue weighted by Gasteiger charge is 2.18. The lowest BCUT2D eigenvalue weighted by Crippen LogP contribution is -2.27. The van der Waals surface area contributed by atoms with Gasteiger partial charge in [0.05, 0.1) is 18.3 Å². The van der Waals surface area contributed by atoms with Gasteiger partial charge in [0, 0.05) is 0 Å². The smallest absolute Gasteiger partial charge is 0.270 e. The summed E-state index contributed by atoms with van der Waals surface area (Å²) in [5.41, 5.74) is 7.23. The van der Waals surface area contributed by atoms with Crippen LogP contribution in [-0.4, -0.2) is 17.5 Å². The number of hydrogen-bond donors (Lipinski definition) is 2. The van der Waals surface area contributed by atoms with Crippen LogP contribution in [0.1, 0.15) is 41.5 Å². The molecule has 0 spiro atoms. The fourth-order valence-corrected chi connectivity index (χ4v) is 2.11. The zero-order valence-electron chi connectivity index (χ0n) is 13.0. The highest BCUT2D eigenvalue weighted by atomic mass is 16.5. The predicted octanol–water partition coefficient (Wildman–Crippen LogP) is 2.43. The molecule has 6 nitrogen and oxygen atoms in total. The molecule has 23 heavy (non-hydrogen) atoms. The fraction of sp³-hybridized carbons (Fsp3) is 0.235. The van der Waals surface area contributed by atoms with Gasteiger partial charge in [-0.05, 0) is 25.5 Å². The van der Waals surface area contributed by atoms with Crippen molar-refractivity contribution in [3.8, 4) is 11.9 Å². The lowest BCUT2D eigenvalue weighted by molar-refractivity contribution is 0.0933. The van der Waals surface area contributed by atoms with Crippen molar-refractivity contribution in [2.24, 2.45) is 0 Å². The third-order valence-corrected chi connectivity index (χ3v) is 3.29. The number of carbonyl (C=O) groups is 1. The molecule has 1 atom stereocenters. The van der Waals surface area contributed by atoms with Gasteiger partial charge in [0.1, 0.15) is 17.3 Å². The van der Waals surface area contributed by atoms with Crippen molar-refractivity contribution >= 4 is 11.6 Å². The number of nitrogens with zero attached hydrogens (tertiary/aromatic N) is 2. The summed E-state index contributed by atoms with van der Waals surface area (Å²) < 4.78 is 5.30. The van der Waals surface area contributed by atoms with Crippen molar-refractivity contribution < 1.29 is 9.53 Å². The average Bonchev–Trinajstić information content (AvgIpc) is 2.55. The zero-order chi connectivity index (χ0) is 16.8. The molecule has 1 aromatic heterocycles. The number of hydrogen-bond acceptors (Lipinski definition) is 5. The summed E-state index contributed by atoms with van der Waals surface area (Å²) in [5.74, 6) is -0.300. The summed E-state index contributed by atoms with van der Waals surface area (Å²) in [6.45, 7) is 3.97. The number of nitrogens with one attached hydrogen (secondary N) is 1. The monoisotopic (exact) mass is 310 g/mol. The minimum Gasteiger partial charge on any atom is -0.477 e. The molecule has 0 aliphatic carbocycles. The topological polar surface area (TPSA) is 101 Å². The van der Waals surface area contributed by atoms with Gasteiger partial charge in [0.25, 0.3) is 5.91 Å². The summed E-state index contributed by atoms with van der Waals surface area (Å²) in [7, 11) is 0. The average molecular weight is 310 g/mol. The lowest BCUT2D eigenvalue weighted by atomic mass is 10.1. The molecule has 3 N–H and O–H groups in total. The highest BCUT2D eigenvalue weighted by molar-refractivity contribution is 5.94. The predicted molar refractivity (Wildman–Crippen MR) is 86.9 cm³/mol. The van der Waals surface area contributed by atoms with Gasteiger partial charge in [-0.1, -0.05) is 30.3 Å². The first-order valence-corrected chi connectivity index (χ1v) is 7.26. The molecule has 0 aliphatic heterocycles. The van der Waals surface area contributed by atoms with Gasteiger partial charge in [-0.15, -0.1) is 0 Å². The van der Waals surface area contributed by atoms with Crippen molar-refractivity contribution in [1.82, 2.24) is 10.3 Å². The van der Waals surface area contributed by atoms with E-state index < -0.39 is 0 Å². The van der Waals surface area contributed by atoms with E-state index in [0.29, 0.717) is 6.61 Å². The first-order chi connectivity index (χ1) is 11.1. The van der Waals surface area contributed by atoms with Crippen LogP contribution in [-0.2, 0) is 0 Å². The Balaban J connectivity index is 2.24. The molecule has 6 heteroatoms. The highest BCUT2D eigenvalue weighted by Crippen LogP contribution is 2.23. The van der Waals surface area contributed by atoms with E-state index in [2.05, 4.69) is 10.3 Å². The molecule has 0 radical (unpaired) electrons. The molecule has 0 saturated heterocycles. The van der Waals surface area contributed by atoms with Crippen LogP contribution < -0.4 is 15.8 Å². The summed E-state index contributed by atoms with van der Waals surface area (Å²) in [4.78, 5) is 16.5. The van der Waals surface area contributed by atoms with Crippen LogP contribution in [0.5, 0.6) is 5.88 Å². The van der Waals surface area contributed by atoms with Gasteiger partial charge in [-0.3, -0.25) is 4.79 Å². The molecule has 0 aliphatic rings. The van der Waals surface area contributed by atoms with E-state index in [-0.39, 0.29) is 34.8 Å². The summed E-state index contributed by atoms with van der Waals surface area (Å²) in [6.07, 6.45) is 0.